The molecule has 1 aromatic heterocycles. The summed E-state index contributed by atoms with van der Waals surface area (Å²) >= 11 is 6.42. The first-order chi connectivity index (χ1) is 12.8. The van der Waals surface area contributed by atoms with Gasteiger partial charge in [-0.2, -0.15) is 4.98 Å². The Kier molecular flexibility index (Phi) is 5.29. The minimum absolute atomic E-state index is 0.202. The Morgan fingerprint density at radius 3 is 2.77 bits per heavy atom. The van der Waals surface area contributed by atoms with E-state index in [1.807, 2.05) is 36.4 Å². The van der Waals surface area contributed by atoms with Crippen molar-refractivity contribution in [2.75, 3.05) is 19.6 Å². The molecule has 1 fully saturated rings. The summed E-state index contributed by atoms with van der Waals surface area (Å²) in [5.74, 6) is 1.37. The molecule has 1 saturated heterocycles. The summed E-state index contributed by atoms with van der Waals surface area (Å²) in [4.78, 5) is 6.93. The average Bonchev–Trinajstić information content (AvgIpc) is 3.10. The van der Waals surface area contributed by atoms with Crippen LogP contribution in [0.4, 0.5) is 0 Å². The van der Waals surface area contributed by atoms with Crippen molar-refractivity contribution in [3.63, 3.8) is 0 Å². The van der Waals surface area contributed by atoms with Crippen LogP contribution in [0.1, 0.15) is 28.9 Å². The highest BCUT2D eigenvalue weighted by Gasteiger charge is 2.26. The first kappa shape index (κ1) is 17.2. The van der Waals surface area contributed by atoms with E-state index in [4.69, 9.17) is 16.1 Å². The largest absolute Gasteiger partial charge is 0.339 e. The Labute approximate surface area is 158 Å². The van der Waals surface area contributed by atoms with E-state index < -0.39 is 0 Å². The Morgan fingerprint density at radius 1 is 1.12 bits per heavy atom. The summed E-state index contributed by atoms with van der Waals surface area (Å²) in [7, 11) is 0. The quantitative estimate of drug-likeness (QED) is 0.747. The normalized spacial score (nSPS) is 18.1. The Balaban J connectivity index is 1.48. The molecular formula is C20H21ClN4O. The molecule has 1 aliphatic heterocycles. The van der Waals surface area contributed by atoms with Crippen LogP contribution in [-0.4, -0.2) is 34.7 Å². The van der Waals surface area contributed by atoms with Gasteiger partial charge in [0, 0.05) is 30.7 Å². The van der Waals surface area contributed by atoms with Crippen LogP contribution in [0.15, 0.2) is 59.1 Å². The van der Waals surface area contributed by atoms with E-state index in [0.717, 1.165) is 36.0 Å². The minimum Gasteiger partial charge on any atom is -0.339 e. The van der Waals surface area contributed by atoms with Gasteiger partial charge in [-0.3, -0.25) is 4.90 Å². The standard InChI is InChI=1S/C20H21ClN4O/c21-17-9-5-4-8-16(17)18-13-22-10-11-25(18)14-19-23-20(26-24-19)12-15-6-2-1-3-7-15/h1-9,18,22H,10-14H2. The van der Waals surface area contributed by atoms with Crippen molar-refractivity contribution >= 4 is 11.6 Å². The van der Waals surface area contributed by atoms with Crippen LogP contribution in [0.3, 0.4) is 0 Å². The van der Waals surface area contributed by atoms with Crippen molar-refractivity contribution < 1.29 is 4.52 Å². The molecule has 1 N–H and O–H groups in total. The van der Waals surface area contributed by atoms with Gasteiger partial charge >= 0.3 is 0 Å². The molecule has 2 aromatic carbocycles. The predicted octanol–water partition coefficient (Wildman–Crippen LogP) is 3.46. The maximum absolute atomic E-state index is 6.42. The van der Waals surface area contributed by atoms with Gasteiger partial charge in [0.05, 0.1) is 13.0 Å². The molecule has 0 saturated carbocycles. The molecule has 134 valence electrons. The topological polar surface area (TPSA) is 54.2 Å². The zero-order valence-electron chi connectivity index (χ0n) is 14.4. The first-order valence-corrected chi connectivity index (χ1v) is 9.22. The fourth-order valence-corrected chi connectivity index (χ4v) is 3.63. The van der Waals surface area contributed by atoms with Crippen molar-refractivity contribution in [3.05, 3.63) is 82.5 Å². The molecule has 3 aromatic rings. The second-order valence-electron chi connectivity index (χ2n) is 6.48. The van der Waals surface area contributed by atoms with E-state index in [0.29, 0.717) is 18.9 Å². The summed E-state index contributed by atoms with van der Waals surface area (Å²) in [6, 6.07) is 18.4. The molecule has 0 radical (unpaired) electrons. The van der Waals surface area contributed by atoms with E-state index in [2.05, 4.69) is 38.6 Å². The third-order valence-corrected chi connectivity index (χ3v) is 5.02. The van der Waals surface area contributed by atoms with Gasteiger partial charge in [0.15, 0.2) is 5.82 Å². The fraction of sp³-hybridized carbons (Fsp3) is 0.300. The lowest BCUT2D eigenvalue weighted by Crippen LogP contribution is -2.45. The van der Waals surface area contributed by atoms with E-state index in [9.17, 15) is 0 Å². The lowest BCUT2D eigenvalue weighted by atomic mass is 10.0. The third-order valence-electron chi connectivity index (χ3n) is 4.67. The summed E-state index contributed by atoms with van der Waals surface area (Å²) < 4.78 is 5.45. The zero-order valence-corrected chi connectivity index (χ0v) is 15.2. The van der Waals surface area contributed by atoms with Gasteiger partial charge in [-0.15, -0.1) is 0 Å². The van der Waals surface area contributed by atoms with Gasteiger partial charge in [0.2, 0.25) is 5.89 Å². The molecule has 0 bridgehead atoms. The SMILES string of the molecule is Clc1ccccc1C1CNCCN1Cc1noc(Cc2ccccc2)n1. The number of benzene rings is 2. The van der Waals surface area contributed by atoms with Crippen LogP contribution in [0.25, 0.3) is 0 Å². The third kappa shape index (κ3) is 3.96. The Hall–Kier alpha value is -2.21. The summed E-state index contributed by atoms with van der Waals surface area (Å²) in [5, 5.41) is 8.42. The Bertz CT molecular complexity index is 852. The highest BCUT2D eigenvalue weighted by atomic mass is 35.5. The number of aromatic nitrogens is 2. The lowest BCUT2D eigenvalue weighted by molar-refractivity contribution is 0.148. The maximum atomic E-state index is 6.42. The van der Waals surface area contributed by atoms with Crippen LogP contribution in [0.5, 0.6) is 0 Å². The molecule has 1 unspecified atom stereocenters. The maximum Gasteiger partial charge on any atom is 0.231 e. The van der Waals surface area contributed by atoms with Gasteiger partial charge in [0.25, 0.3) is 0 Å². The second kappa shape index (κ2) is 7.99. The monoisotopic (exact) mass is 368 g/mol. The van der Waals surface area contributed by atoms with Crippen LogP contribution in [-0.2, 0) is 13.0 Å². The number of nitrogens with one attached hydrogen (secondary N) is 1. The van der Waals surface area contributed by atoms with Crippen molar-refractivity contribution in [2.45, 2.75) is 19.0 Å². The van der Waals surface area contributed by atoms with Crippen molar-refractivity contribution in [3.8, 4) is 0 Å². The molecule has 1 atom stereocenters. The highest BCUT2D eigenvalue weighted by molar-refractivity contribution is 6.31. The molecule has 26 heavy (non-hydrogen) atoms. The van der Waals surface area contributed by atoms with Crippen LogP contribution in [0.2, 0.25) is 5.02 Å². The molecule has 1 aliphatic rings. The number of piperazine rings is 1. The number of hydrogen-bond acceptors (Lipinski definition) is 5. The van der Waals surface area contributed by atoms with Crippen LogP contribution in [0, 0.1) is 0 Å². The average molecular weight is 369 g/mol. The van der Waals surface area contributed by atoms with Crippen molar-refractivity contribution in [2.24, 2.45) is 0 Å². The molecule has 2 heterocycles. The number of halogens is 1. The van der Waals surface area contributed by atoms with Crippen LogP contribution < -0.4 is 5.32 Å². The smallest absolute Gasteiger partial charge is 0.231 e. The molecule has 6 heteroatoms. The van der Waals surface area contributed by atoms with Crippen molar-refractivity contribution in [1.29, 1.82) is 0 Å². The summed E-state index contributed by atoms with van der Waals surface area (Å²) in [6.45, 7) is 3.36. The molecule has 0 aliphatic carbocycles. The second-order valence-corrected chi connectivity index (χ2v) is 6.89. The molecule has 5 nitrogen and oxygen atoms in total. The molecule has 0 spiro atoms. The number of hydrogen-bond donors (Lipinski definition) is 1. The zero-order chi connectivity index (χ0) is 17.8. The minimum atomic E-state index is 0.202. The van der Waals surface area contributed by atoms with Crippen molar-refractivity contribution in [1.82, 2.24) is 20.4 Å². The van der Waals surface area contributed by atoms with E-state index >= 15 is 0 Å². The van der Waals surface area contributed by atoms with E-state index in [-0.39, 0.29) is 6.04 Å². The van der Waals surface area contributed by atoms with Gasteiger partial charge in [-0.1, -0.05) is 65.3 Å². The number of nitrogens with zero attached hydrogens (tertiary/aromatic N) is 3. The highest BCUT2D eigenvalue weighted by Crippen LogP contribution is 2.29. The van der Waals surface area contributed by atoms with Crippen LogP contribution >= 0.6 is 11.6 Å². The molecule has 4 rings (SSSR count). The fourth-order valence-electron chi connectivity index (χ4n) is 3.37. The van der Waals surface area contributed by atoms with Gasteiger partial charge < -0.3 is 9.84 Å². The predicted molar refractivity (Wildman–Crippen MR) is 101 cm³/mol. The Morgan fingerprint density at radius 2 is 1.92 bits per heavy atom. The summed E-state index contributed by atoms with van der Waals surface area (Å²) in [5.41, 5.74) is 2.30. The van der Waals surface area contributed by atoms with Gasteiger partial charge in [-0.25, -0.2) is 0 Å². The molecule has 0 amide bonds. The summed E-state index contributed by atoms with van der Waals surface area (Å²) in [6.07, 6.45) is 0.656. The number of rotatable bonds is 5. The van der Waals surface area contributed by atoms with E-state index in [1.54, 1.807) is 0 Å². The molecular weight excluding hydrogens is 348 g/mol. The lowest BCUT2D eigenvalue weighted by Gasteiger charge is -2.36. The van der Waals surface area contributed by atoms with Gasteiger partial charge in [0.1, 0.15) is 0 Å². The van der Waals surface area contributed by atoms with E-state index in [1.165, 1.54) is 5.56 Å². The van der Waals surface area contributed by atoms with Gasteiger partial charge in [-0.05, 0) is 17.2 Å². The first-order valence-electron chi connectivity index (χ1n) is 8.84.